The lowest BCUT2D eigenvalue weighted by molar-refractivity contribution is -0.117. The highest BCUT2D eigenvalue weighted by molar-refractivity contribution is 5.94. The second-order valence-electron chi connectivity index (χ2n) is 6.14. The molecular formula is C16H22N6O. The van der Waals surface area contributed by atoms with E-state index < -0.39 is 6.04 Å². The van der Waals surface area contributed by atoms with Crippen molar-refractivity contribution in [3.05, 3.63) is 30.6 Å². The summed E-state index contributed by atoms with van der Waals surface area (Å²) in [5.74, 6) is 0.446. The minimum absolute atomic E-state index is 0.135. The van der Waals surface area contributed by atoms with Gasteiger partial charge in [-0.3, -0.25) is 4.79 Å². The predicted octanol–water partition coefficient (Wildman–Crippen LogP) is 1.90. The Morgan fingerprint density at radius 1 is 1.35 bits per heavy atom. The van der Waals surface area contributed by atoms with E-state index in [9.17, 15) is 4.79 Å². The minimum Gasteiger partial charge on any atom is -0.325 e. The zero-order valence-electron chi connectivity index (χ0n) is 13.1. The molecule has 3 N–H and O–H groups in total. The zero-order valence-corrected chi connectivity index (χ0v) is 13.1. The molecule has 0 aliphatic heterocycles. The fraction of sp³-hybridized carbons (Fsp3) is 0.500. The Bertz CT molecular complexity index is 636. The van der Waals surface area contributed by atoms with Crippen molar-refractivity contribution in [2.24, 2.45) is 11.7 Å². The Balaban J connectivity index is 1.59. The van der Waals surface area contributed by atoms with Crippen molar-refractivity contribution in [1.82, 2.24) is 20.2 Å². The highest BCUT2D eigenvalue weighted by atomic mass is 16.2. The van der Waals surface area contributed by atoms with Crippen molar-refractivity contribution in [2.75, 3.05) is 5.32 Å². The molecule has 0 saturated heterocycles. The summed E-state index contributed by atoms with van der Waals surface area (Å²) in [5, 5.41) is 13.9. The van der Waals surface area contributed by atoms with E-state index in [0.717, 1.165) is 12.1 Å². The number of benzene rings is 1. The Labute approximate surface area is 135 Å². The summed E-state index contributed by atoms with van der Waals surface area (Å²) in [7, 11) is 0. The van der Waals surface area contributed by atoms with Crippen LogP contribution in [0.1, 0.15) is 38.5 Å². The van der Waals surface area contributed by atoms with E-state index in [2.05, 4.69) is 20.8 Å². The summed E-state index contributed by atoms with van der Waals surface area (Å²) < 4.78 is 1.54. The van der Waals surface area contributed by atoms with Gasteiger partial charge in [0.2, 0.25) is 5.91 Å². The van der Waals surface area contributed by atoms with Crippen LogP contribution in [0, 0.1) is 5.92 Å². The number of carbonyl (C=O) groups excluding carboxylic acids is 1. The maximum atomic E-state index is 12.3. The number of hydrogen-bond donors (Lipinski definition) is 2. The molecule has 1 unspecified atom stereocenters. The van der Waals surface area contributed by atoms with Gasteiger partial charge in [-0.15, -0.1) is 5.10 Å². The van der Waals surface area contributed by atoms with Crippen LogP contribution in [0.25, 0.3) is 5.69 Å². The molecule has 1 atom stereocenters. The van der Waals surface area contributed by atoms with Crippen LogP contribution in [0.15, 0.2) is 30.6 Å². The minimum atomic E-state index is -0.463. The zero-order chi connectivity index (χ0) is 16.1. The van der Waals surface area contributed by atoms with Gasteiger partial charge in [-0.1, -0.05) is 38.2 Å². The lowest BCUT2D eigenvalue weighted by Crippen LogP contribution is -2.37. The van der Waals surface area contributed by atoms with Gasteiger partial charge < -0.3 is 11.1 Å². The molecule has 2 aromatic rings. The lowest BCUT2D eigenvalue weighted by atomic mass is 9.85. The van der Waals surface area contributed by atoms with Crippen LogP contribution < -0.4 is 11.1 Å². The first-order chi connectivity index (χ1) is 11.2. The third-order valence-electron chi connectivity index (χ3n) is 4.38. The van der Waals surface area contributed by atoms with Gasteiger partial charge in [-0.05, 0) is 41.0 Å². The van der Waals surface area contributed by atoms with Gasteiger partial charge in [-0.2, -0.15) is 0 Å². The van der Waals surface area contributed by atoms with E-state index in [0.29, 0.717) is 11.6 Å². The van der Waals surface area contributed by atoms with Crippen molar-refractivity contribution in [3.63, 3.8) is 0 Å². The number of nitrogens with two attached hydrogens (primary N) is 1. The number of aromatic nitrogens is 4. The summed E-state index contributed by atoms with van der Waals surface area (Å²) in [5.41, 5.74) is 7.56. The number of anilines is 1. The molecule has 1 saturated carbocycles. The third kappa shape index (κ3) is 4.13. The summed E-state index contributed by atoms with van der Waals surface area (Å²) in [6, 6.07) is 6.91. The normalized spacial score (nSPS) is 16.9. The van der Waals surface area contributed by atoms with E-state index in [-0.39, 0.29) is 5.91 Å². The van der Waals surface area contributed by atoms with E-state index >= 15 is 0 Å². The number of carbonyl (C=O) groups is 1. The van der Waals surface area contributed by atoms with Crippen LogP contribution in [0.5, 0.6) is 0 Å². The van der Waals surface area contributed by atoms with E-state index in [1.165, 1.54) is 43.1 Å². The molecule has 1 aliphatic rings. The summed E-state index contributed by atoms with van der Waals surface area (Å²) in [4.78, 5) is 12.3. The number of amides is 1. The maximum absolute atomic E-state index is 12.3. The van der Waals surface area contributed by atoms with Crippen LogP contribution in [0.2, 0.25) is 0 Å². The number of tetrazole rings is 1. The first-order valence-corrected chi connectivity index (χ1v) is 8.12. The van der Waals surface area contributed by atoms with Gasteiger partial charge in [0.05, 0.1) is 11.7 Å². The van der Waals surface area contributed by atoms with E-state index in [1.54, 1.807) is 0 Å². The molecular weight excluding hydrogens is 292 g/mol. The molecule has 0 bridgehead atoms. The average molecular weight is 314 g/mol. The van der Waals surface area contributed by atoms with Crippen LogP contribution in [0.4, 0.5) is 5.69 Å². The molecule has 1 aromatic heterocycles. The smallest absolute Gasteiger partial charge is 0.241 e. The van der Waals surface area contributed by atoms with Gasteiger partial charge >= 0.3 is 0 Å². The van der Waals surface area contributed by atoms with Crippen LogP contribution in [0.3, 0.4) is 0 Å². The number of rotatable bonds is 5. The fourth-order valence-corrected chi connectivity index (χ4v) is 3.13. The molecule has 7 heteroatoms. The predicted molar refractivity (Wildman–Crippen MR) is 87.0 cm³/mol. The second-order valence-corrected chi connectivity index (χ2v) is 6.14. The highest BCUT2D eigenvalue weighted by Crippen LogP contribution is 2.27. The largest absolute Gasteiger partial charge is 0.325 e. The van der Waals surface area contributed by atoms with Crippen molar-refractivity contribution in [3.8, 4) is 5.69 Å². The van der Waals surface area contributed by atoms with Crippen LogP contribution >= 0.6 is 0 Å². The monoisotopic (exact) mass is 314 g/mol. The van der Waals surface area contributed by atoms with Gasteiger partial charge in [-0.25, -0.2) is 4.68 Å². The van der Waals surface area contributed by atoms with Crippen molar-refractivity contribution >= 4 is 11.6 Å². The summed E-state index contributed by atoms with van der Waals surface area (Å²) in [6.45, 7) is 0. The summed E-state index contributed by atoms with van der Waals surface area (Å²) in [6.07, 6.45) is 8.47. The molecule has 1 heterocycles. The Kier molecular flexibility index (Phi) is 4.97. The van der Waals surface area contributed by atoms with Crippen LogP contribution in [-0.4, -0.2) is 32.2 Å². The molecule has 3 rings (SSSR count). The molecule has 23 heavy (non-hydrogen) atoms. The van der Waals surface area contributed by atoms with E-state index in [4.69, 9.17) is 5.73 Å². The molecule has 122 valence electrons. The molecule has 1 amide bonds. The second kappa shape index (κ2) is 7.32. The van der Waals surface area contributed by atoms with Gasteiger partial charge in [0.25, 0.3) is 0 Å². The third-order valence-corrected chi connectivity index (χ3v) is 4.38. The van der Waals surface area contributed by atoms with Crippen LogP contribution in [-0.2, 0) is 4.79 Å². The number of nitrogens with zero attached hydrogens (tertiary/aromatic N) is 4. The number of hydrogen-bond acceptors (Lipinski definition) is 5. The topological polar surface area (TPSA) is 98.7 Å². The summed E-state index contributed by atoms with van der Waals surface area (Å²) >= 11 is 0. The molecule has 0 radical (unpaired) electrons. The lowest BCUT2D eigenvalue weighted by Gasteiger charge is -2.24. The quantitative estimate of drug-likeness (QED) is 0.878. The maximum Gasteiger partial charge on any atom is 0.241 e. The van der Waals surface area contributed by atoms with Gasteiger partial charge in [0.1, 0.15) is 6.33 Å². The SMILES string of the molecule is NC(CC1CCCCC1)C(=O)Nc1cccc(-n2cnnn2)c1. The molecule has 1 aliphatic carbocycles. The Morgan fingerprint density at radius 2 is 2.17 bits per heavy atom. The Hall–Kier alpha value is -2.28. The van der Waals surface area contributed by atoms with Crippen molar-refractivity contribution in [1.29, 1.82) is 0 Å². The fourth-order valence-electron chi connectivity index (χ4n) is 3.13. The molecule has 0 spiro atoms. The van der Waals surface area contributed by atoms with Gasteiger partial charge in [0.15, 0.2) is 0 Å². The molecule has 7 nitrogen and oxygen atoms in total. The molecule has 1 fully saturated rings. The molecule has 1 aromatic carbocycles. The first-order valence-electron chi connectivity index (χ1n) is 8.12. The average Bonchev–Trinajstić information content (AvgIpc) is 3.10. The standard InChI is InChI=1S/C16H22N6O/c17-15(9-12-5-2-1-3-6-12)16(23)19-13-7-4-8-14(10-13)22-11-18-20-21-22/h4,7-8,10-12,15H,1-3,5-6,9,17H2,(H,19,23). The van der Waals surface area contributed by atoms with Gasteiger partial charge in [0, 0.05) is 5.69 Å². The van der Waals surface area contributed by atoms with E-state index in [1.807, 2.05) is 24.3 Å². The number of nitrogens with one attached hydrogen (secondary N) is 1. The van der Waals surface area contributed by atoms with Crippen molar-refractivity contribution < 1.29 is 4.79 Å². The first kappa shape index (κ1) is 15.6. The Morgan fingerprint density at radius 3 is 2.91 bits per heavy atom. The highest BCUT2D eigenvalue weighted by Gasteiger charge is 2.21. The van der Waals surface area contributed by atoms with Crippen molar-refractivity contribution in [2.45, 2.75) is 44.6 Å².